The van der Waals surface area contributed by atoms with Gasteiger partial charge in [0.15, 0.2) is 0 Å². The lowest BCUT2D eigenvalue weighted by Gasteiger charge is -2.14. The Morgan fingerprint density at radius 3 is 2.52 bits per heavy atom. The van der Waals surface area contributed by atoms with E-state index in [9.17, 15) is 4.79 Å². The molecule has 0 heterocycles. The average molecular weight is 309 g/mol. The van der Waals surface area contributed by atoms with Crippen molar-refractivity contribution in [2.24, 2.45) is 0 Å². The molecule has 0 aromatic heterocycles. The number of aryl methyl sites for hydroxylation is 1. The Bertz CT molecular complexity index is 620. The molecule has 2 aromatic carbocycles. The van der Waals surface area contributed by atoms with E-state index in [1.54, 1.807) is 30.3 Å². The highest BCUT2D eigenvalue weighted by Crippen LogP contribution is 2.12. The summed E-state index contributed by atoms with van der Waals surface area (Å²) in [6.45, 7) is 6.09. The van der Waals surface area contributed by atoms with Crippen LogP contribution in [0.4, 0.5) is 0 Å². The summed E-state index contributed by atoms with van der Waals surface area (Å²) in [5, 5.41) is 3.03. The van der Waals surface area contributed by atoms with Crippen molar-refractivity contribution < 1.29 is 9.53 Å². The van der Waals surface area contributed by atoms with E-state index in [1.807, 2.05) is 25.1 Å². The van der Waals surface area contributed by atoms with Crippen molar-refractivity contribution in [2.75, 3.05) is 6.61 Å². The summed E-state index contributed by atoms with van der Waals surface area (Å²) in [4.78, 5) is 12.2. The van der Waals surface area contributed by atoms with Crippen molar-refractivity contribution in [1.29, 1.82) is 0 Å². The van der Waals surface area contributed by atoms with E-state index in [2.05, 4.69) is 24.0 Å². The molecular weight excluding hydrogens is 286 g/mol. The number of benzene rings is 2. The lowest BCUT2D eigenvalue weighted by atomic mass is 10.1. The molecule has 2 aromatic rings. The van der Waals surface area contributed by atoms with E-state index in [-0.39, 0.29) is 11.9 Å². The largest absolute Gasteiger partial charge is 0.490 e. The van der Waals surface area contributed by atoms with Gasteiger partial charge >= 0.3 is 0 Å². The van der Waals surface area contributed by atoms with Crippen LogP contribution in [0.25, 0.3) is 0 Å². The molecule has 0 aliphatic carbocycles. The van der Waals surface area contributed by atoms with Crippen LogP contribution in [0, 0.1) is 0 Å². The minimum absolute atomic E-state index is 0.0548. The number of carbonyl (C=O) groups is 1. The fourth-order valence-electron chi connectivity index (χ4n) is 2.26. The molecule has 1 N–H and O–H groups in total. The van der Waals surface area contributed by atoms with E-state index in [1.165, 1.54) is 5.56 Å². The van der Waals surface area contributed by atoms with Crippen LogP contribution in [0.15, 0.2) is 67.3 Å². The van der Waals surface area contributed by atoms with Gasteiger partial charge in [0.2, 0.25) is 0 Å². The highest BCUT2D eigenvalue weighted by atomic mass is 16.5. The van der Waals surface area contributed by atoms with Crippen molar-refractivity contribution in [3.63, 3.8) is 0 Å². The van der Waals surface area contributed by atoms with Crippen LogP contribution in [0.5, 0.6) is 5.75 Å². The number of hydrogen-bond acceptors (Lipinski definition) is 2. The molecule has 23 heavy (non-hydrogen) atoms. The maximum absolute atomic E-state index is 12.2. The highest BCUT2D eigenvalue weighted by Gasteiger charge is 2.10. The minimum atomic E-state index is -0.0548. The van der Waals surface area contributed by atoms with Crippen molar-refractivity contribution in [3.8, 4) is 5.75 Å². The number of ether oxygens (including phenoxy) is 1. The molecule has 1 unspecified atom stereocenters. The molecule has 120 valence electrons. The van der Waals surface area contributed by atoms with Crippen LogP contribution in [0.1, 0.15) is 29.3 Å². The molecule has 3 nitrogen and oxygen atoms in total. The Labute approximate surface area is 138 Å². The molecule has 0 saturated heterocycles. The summed E-state index contributed by atoms with van der Waals surface area (Å²) in [7, 11) is 0. The summed E-state index contributed by atoms with van der Waals surface area (Å²) >= 11 is 0. The van der Waals surface area contributed by atoms with Gasteiger partial charge in [-0.05, 0) is 49.6 Å². The van der Waals surface area contributed by atoms with Crippen LogP contribution in [0.2, 0.25) is 0 Å². The van der Waals surface area contributed by atoms with Gasteiger partial charge in [0.1, 0.15) is 12.4 Å². The van der Waals surface area contributed by atoms with Gasteiger partial charge in [-0.25, -0.2) is 0 Å². The first-order valence-corrected chi connectivity index (χ1v) is 7.87. The Morgan fingerprint density at radius 1 is 1.17 bits per heavy atom. The second-order valence-corrected chi connectivity index (χ2v) is 5.52. The van der Waals surface area contributed by atoms with Crippen LogP contribution >= 0.6 is 0 Å². The third-order valence-corrected chi connectivity index (χ3v) is 3.57. The first-order chi connectivity index (χ1) is 11.2. The predicted molar refractivity (Wildman–Crippen MR) is 93.8 cm³/mol. The number of rotatable bonds is 8. The zero-order valence-electron chi connectivity index (χ0n) is 13.5. The van der Waals surface area contributed by atoms with Gasteiger partial charge in [0, 0.05) is 11.6 Å². The second-order valence-electron chi connectivity index (χ2n) is 5.52. The van der Waals surface area contributed by atoms with Gasteiger partial charge in [-0.15, -0.1) is 0 Å². The molecule has 2 rings (SSSR count). The van der Waals surface area contributed by atoms with Gasteiger partial charge in [-0.2, -0.15) is 0 Å². The third-order valence-electron chi connectivity index (χ3n) is 3.57. The van der Waals surface area contributed by atoms with Gasteiger partial charge in [-0.1, -0.05) is 43.0 Å². The number of nitrogens with one attached hydrogen (secondary N) is 1. The monoisotopic (exact) mass is 309 g/mol. The first kappa shape index (κ1) is 16.8. The number of hydrogen-bond donors (Lipinski definition) is 1. The predicted octanol–water partition coefficient (Wildman–Crippen LogP) is 4.00. The normalized spacial score (nSPS) is 11.5. The van der Waals surface area contributed by atoms with Crippen LogP contribution in [-0.2, 0) is 6.42 Å². The van der Waals surface area contributed by atoms with Gasteiger partial charge in [-0.3, -0.25) is 4.79 Å². The lowest BCUT2D eigenvalue weighted by Crippen LogP contribution is -2.32. The van der Waals surface area contributed by atoms with E-state index in [0.29, 0.717) is 12.2 Å². The van der Waals surface area contributed by atoms with Crippen molar-refractivity contribution >= 4 is 5.91 Å². The summed E-state index contributed by atoms with van der Waals surface area (Å²) < 4.78 is 5.41. The first-order valence-electron chi connectivity index (χ1n) is 7.87. The Kier molecular flexibility index (Phi) is 6.42. The van der Waals surface area contributed by atoms with Crippen LogP contribution in [0.3, 0.4) is 0 Å². The molecule has 0 bridgehead atoms. The molecule has 0 aliphatic rings. The summed E-state index contributed by atoms with van der Waals surface area (Å²) in [5.41, 5.74) is 1.93. The Hall–Kier alpha value is -2.55. The quantitative estimate of drug-likeness (QED) is 0.748. The summed E-state index contributed by atoms with van der Waals surface area (Å²) in [6, 6.07) is 17.6. The molecule has 3 heteroatoms. The van der Waals surface area contributed by atoms with Gasteiger partial charge in [0.25, 0.3) is 5.91 Å². The maximum Gasteiger partial charge on any atom is 0.251 e. The van der Waals surface area contributed by atoms with Crippen molar-refractivity contribution in [2.45, 2.75) is 25.8 Å². The van der Waals surface area contributed by atoms with Gasteiger partial charge in [0.05, 0.1) is 0 Å². The molecular formula is C20H23NO2. The Balaban J connectivity index is 1.82. The zero-order valence-corrected chi connectivity index (χ0v) is 13.5. The lowest BCUT2D eigenvalue weighted by molar-refractivity contribution is 0.0938. The zero-order chi connectivity index (χ0) is 16.5. The molecule has 1 amide bonds. The standard InChI is InChI=1S/C20H23NO2/c1-3-15-23-19-13-11-18(12-14-19)20(22)21-16(2)9-10-17-7-5-4-6-8-17/h3-8,11-14,16H,1,9-10,15H2,2H3,(H,21,22). The number of carbonyl (C=O) groups excluding carboxylic acids is 1. The maximum atomic E-state index is 12.2. The minimum Gasteiger partial charge on any atom is -0.490 e. The Morgan fingerprint density at radius 2 is 1.87 bits per heavy atom. The second kappa shape index (κ2) is 8.79. The molecule has 0 fully saturated rings. The average Bonchev–Trinajstić information content (AvgIpc) is 2.59. The summed E-state index contributed by atoms with van der Waals surface area (Å²) in [5.74, 6) is 0.680. The number of amides is 1. The van der Waals surface area contributed by atoms with E-state index >= 15 is 0 Å². The third kappa shape index (κ3) is 5.62. The molecule has 1 atom stereocenters. The molecule has 0 aliphatic heterocycles. The smallest absolute Gasteiger partial charge is 0.251 e. The van der Waals surface area contributed by atoms with E-state index < -0.39 is 0 Å². The fourth-order valence-corrected chi connectivity index (χ4v) is 2.26. The van der Waals surface area contributed by atoms with Crippen molar-refractivity contribution in [1.82, 2.24) is 5.32 Å². The molecule has 0 saturated carbocycles. The topological polar surface area (TPSA) is 38.3 Å². The van der Waals surface area contributed by atoms with Crippen LogP contribution < -0.4 is 10.1 Å². The van der Waals surface area contributed by atoms with Crippen molar-refractivity contribution in [3.05, 3.63) is 78.4 Å². The fraction of sp³-hybridized carbons (Fsp3) is 0.250. The SMILES string of the molecule is C=CCOc1ccc(C(=O)NC(C)CCc2ccccc2)cc1. The summed E-state index contributed by atoms with van der Waals surface area (Å²) in [6.07, 6.45) is 3.56. The van der Waals surface area contributed by atoms with E-state index in [4.69, 9.17) is 4.74 Å². The highest BCUT2D eigenvalue weighted by molar-refractivity contribution is 5.94. The van der Waals surface area contributed by atoms with Crippen LogP contribution in [-0.4, -0.2) is 18.6 Å². The van der Waals surface area contributed by atoms with E-state index in [0.717, 1.165) is 18.6 Å². The molecule has 0 spiro atoms. The van der Waals surface area contributed by atoms with Gasteiger partial charge < -0.3 is 10.1 Å². The molecule has 0 radical (unpaired) electrons.